The van der Waals surface area contributed by atoms with Gasteiger partial charge in [0.2, 0.25) is 5.95 Å². The molecule has 88 valence electrons. The Morgan fingerprint density at radius 2 is 2.24 bits per heavy atom. The minimum atomic E-state index is 0.550. The second kappa shape index (κ2) is 3.52. The fourth-order valence-electron chi connectivity index (χ4n) is 2.21. The predicted octanol–water partition coefficient (Wildman–Crippen LogP) is 1.91. The summed E-state index contributed by atoms with van der Waals surface area (Å²) < 4.78 is 7.40. The van der Waals surface area contributed by atoms with E-state index in [0.29, 0.717) is 5.95 Å². The van der Waals surface area contributed by atoms with Gasteiger partial charge in [-0.25, -0.2) is 4.98 Å². The van der Waals surface area contributed by atoms with Gasteiger partial charge in [0.15, 0.2) is 0 Å². The van der Waals surface area contributed by atoms with E-state index in [0.717, 1.165) is 35.7 Å². The molecule has 0 fully saturated rings. The van der Waals surface area contributed by atoms with Crippen molar-refractivity contribution in [1.82, 2.24) is 9.55 Å². The molecule has 1 aliphatic heterocycles. The van der Waals surface area contributed by atoms with E-state index in [1.165, 1.54) is 5.56 Å². The van der Waals surface area contributed by atoms with E-state index in [9.17, 15) is 0 Å². The summed E-state index contributed by atoms with van der Waals surface area (Å²) in [5.41, 5.74) is 10.2. The summed E-state index contributed by atoms with van der Waals surface area (Å²) in [4.78, 5) is 4.41. The number of imidazole rings is 1. The van der Waals surface area contributed by atoms with Crippen LogP contribution < -0.4 is 10.5 Å². The maximum atomic E-state index is 5.82. The lowest BCUT2D eigenvalue weighted by molar-refractivity contribution is 0.357. The molecule has 0 saturated carbocycles. The van der Waals surface area contributed by atoms with Crippen LogP contribution in [0.15, 0.2) is 18.2 Å². The van der Waals surface area contributed by atoms with Crippen molar-refractivity contribution >= 4 is 5.95 Å². The van der Waals surface area contributed by atoms with Crippen molar-refractivity contribution < 1.29 is 4.74 Å². The second-order valence-electron chi connectivity index (χ2n) is 4.38. The lowest BCUT2D eigenvalue weighted by atomic mass is 10.1. The number of benzene rings is 1. The monoisotopic (exact) mass is 229 g/mol. The van der Waals surface area contributed by atoms with E-state index in [2.05, 4.69) is 11.1 Å². The second-order valence-corrected chi connectivity index (χ2v) is 4.38. The average molecular weight is 229 g/mol. The molecule has 17 heavy (non-hydrogen) atoms. The first-order valence-corrected chi connectivity index (χ1v) is 5.71. The van der Waals surface area contributed by atoms with Crippen LogP contribution in [-0.4, -0.2) is 16.2 Å². The van der Waals surface area contributed by atoms with Crippen LogP contribution in [0.25, 0.3) is 11.3 Å². The Morgan fingerprint density at radius 3 is 2.94 bits per heavy atom. The summed E-state index contributed by atoms with van der Waals surface area (Å²) in [5, 5.41) is 0. The van der Waals surface area contributed by atoms with E-state index in [1.54, 1.807) is 0 Å². The van der Waals surface area contributed by atoms with Gasteiger partial charge in [0.05, 0.1) is 12.3 Å². The van der Waals surface area contributed by atoms with E-state index < -0.39 is 0 Å². The fraction of sp³-hybridized carbons (Fsp3) is 0.308. The van der Waals surface area contributed by atoms with Crippen molar-refractivity contribution in [2.24, 2.45) is 7.05 Å². The Bertz CT molecular complexity index is 587. The van der Waals surface area contributed by atoms with Crippen LogP contribution in [0.3, 0.4) is 0 Å². The van der Waals surface area contributed by atoms with Gasteiger partial charge in [-0.1, -0.05) is 0 Å². The zero-order valence-corrected chi connectivity index (χ0v) is 10.0. The molecule has 1 aromatic carbocycles. The van der Waals surface area contributed by atoms with Gasteiger partial charge in [-0.3, -0.25) is 0 Å². The SMILES string of the molecule is Cc1c(-c2ccc3c(c2)CCO3)nc(N)n1C. The zero-order valence-electron chi connectivity index (χ0n) is 10.0. The molecule has 0 spiro atoms. The van der Waals surface area contributed by atoms with Crippen molar-refractivity contribution in [3.63, 3.8) is 0 Å². The maximum absolute atomic E-state index is 5.82. The standard InChI is InChI=1S/C13H15N3O/c1-8-12(15-13(14)16(8)2)10-3-4-11-9(7-10)5-6-17-11/h3-4,7H,5-6H2,1-2H3,(H2,14,15). The van der Waals surface area contributed by atoms with Crippen molar-refractivity contribution in [3.05, 3.63) is 29.5 Å². The van der Waals surface area contributed by atoms with Crippen LogP contribution in [-0.2, 0) is 13.5 Å². The van der Waals surface area contributed by atoms with Crippen LogP contribution >= 0.6 is 0 Å². The van der Waals surface area contributed by atoms with Gasteiger partial charge in [0.1, 0.15) is 5.75 Å². The van der Waals surface area contributed by atoms with Crippen LogP contribution in [0, 0.1) is 6.92 Å². The number of fused-ring (bicyclic) bond motifs is 1. The molecule has 0 amide bonds. The molecule has 4 heteroatoms. The molecule has 0 atom stereocenters. The minimum Gasteiger partial charge on any atom is -0.493 e. The highest BCUT2D eigenvalue weighted by Gasteiger charge is 2.16. The molecule has 0 radical (unpaired) electrons. The van der Waals surface area contributed by atoms with E-state index >= 15 is 0 Å². The number of nitrogen functional groups attached to an aromatic ring is 1. The normalized spacial score (nSPS) is 13.5. The number of anilines is 1. The third-order valence-corrected chi connectivity index (χ3v) is 3.38. The fourth-order valence-corrected chi connectivity index (χ4v) is 2.21. The molecule has 2 N–H and O–H groups in total. The lowest BCUT2D eigenvalue weighted by Crippen LogP contribution is -1.97. The molecule has 0 bridgehead atoms. The van der Waals surface area contributed by atoms with Crippen molar-refractivity contribution in [2.45, 2.75) is 13.3 Å². The maximum Gasteiger partial charge on any atom is 0.200 e. The highest BCUT2D eigenvalue weighted by molar-refractivity contribution is 5.66. The summed E-state index contributed by atoms with van der Waals surface area (Å²) in [6.07, 6.45) is 0.977. The summed E-state index contributed by atoms with van der Waals surface area (Å²) >= 11 is 0. The summed E-state index contributed by atoms with van der Waals surface area (Å²) in [7, 11) is 1.93. The van der Waals surface area contributed by atoms with Gasteiger partial charge in [-0.15, -0.1) is 0 Å². The molecule has 1 aromatic heterocycles. The van der Waals surface area contributed by atoms with Crippen molar-refractivity contribution in [2.75, 3.05) is 12.3 Å². The van der Waals surface area contributed by atoms with Crippen LogP contribution in [0.4, 0.5) is 5.95 Å². The van der Waals surface area contributed by atoms with Crippen LogP contribution in [0.1, 0.15) is 11.3 Å². The number of nitrogens with two attached hydrogens (primary N) is 1. The van der Waals surface area contributed by atoms with Gasteiger partial charge in [0, 0.05) is 24.7 Å². The first kappa shape index (κ1) is 10.2. The number of aromatic nitrogens is 2. The van der Waals surface area contributed by atoms with Crippen molar-refractivity contribution in [1.29, 1.82) is 0 Å². The minimum absolute atomic E-state index is 0.550. The topological polar surface area (TPSA) is 53.1 Å². The lowest BCUT2D eigenvalue weighted by Gasteiger charge is -2.03. The van der Waals surface area contributed by atoms with Crippen molar-refractivity contribution in [3.8, 4) is 17.0 Å². The Morgan fingerprint density at radius 1 is 1.41 bits per heavy atom. The number of hydrogen-bond donors (Lipinski definition) is 1. The average Bonchev–Trinajstić information content (AvgIpc) is 2.89. The number of ether oxygens (including phenoxy) is 1. The Labute approximate surface area is 100 Å². The third-order valence-electron chi connectivity index (χ3n) is 3.38. The van der Waals surface area contributed by atoms with Crippen LogP contribution in [0.5, 0.6) is 5.75 Å². The summed E-state index contributed by atoms with van der Waals surface area (Å²) in [5.74, 6) is 1.55. The van der Waals surface area contributed by atoms with Gasteiger partial charge in [0.25, 0.3) is 0 Å². The Hall–Kier alpha value is -1.97. The highest BCUT2D eigenvalue weighted by Crippen LogP contribution is 2.31. The largest absolute Gasteiger partial charge is 0.493 e. The molecule has 3 rings (SSSR count). The molecule has 0 unspecified atom stereocenters. The molecule has 0 saturated heterocycles. The Balaban J connectivity index is 2.12. The quantitative estimate of drug-likeness (QED) is 0.812. The van der Waals surface area contributed by atoms with Gasteiger partial charge < -0.3 is 15.0 Å². The highest BCUT2D eigenvalue weighted by atomic mass is 16.5. The number of hydrogen-bond acceptors (Lipinski definition) is 3. The number of rotatable bonds is 1. The number of nitrogens with zero attached hydrogens (tertiary/aromatic N) is 2. The van der Waals surface area contributed by atoms with E-state index in [-0.39, 0.29) is 0 Å². The molecule has 2 aromatic rings. The first-order chi connectivity index (χ1) is 8.16. The summed E-state index contributed by atoms with van der Waals surface area (Å²) in [6.45, 7) is 2.81. The van der Waals surface area contributed by atoms with Gasteiger partial charge in [-0.05, 0) is 30.7 Å². The third kappa shape index (κ3) is 1.48. The van der Waals surface area contributed by atoms with E-state index in [4.69, 9.17) is 10.5 Å². The molecular weight excluding hydrogens is 214 g/mol. The molecular formula is C13H15N3O. The molecule has 0 aliphatic carbocycles. The Kier molecular flexibility index (Phi) is 2.11. The smallest absolute Gasteiger partial charge is 0.200 e. The van der Waals surface area contributed by atoms with E-state index in [1.807, 2.05) is 30.7 Å². The van der Waals surface area contributed by atoms with Gasteiger partial charge >= 0.3 is 0 Å². The van der Waals surface area contributed by atoms with Crippen LogP contribution in [0.2, 0.25) is 0 Å². The summed E-state index contributed by atoms with van der Waals surface area (Å²) in [6, 6.07) is 6.21. The first-order valence-electron chi connectivity index (χ1n) is 5.71. The van der Waals surface area contributed by atoms with Gasteiger partial charge in [-0.2, -0.15) is 0 Å². The molecule has 2 heterocycles. The molecule has 4 nitrogen and oxygen atoms in total. The zero-order chi connectivity index (χ0) is 12.0. The predicted molar refractivity (Wildman–Crippen MR) is 67.0 cm³/mol. The molecule has 1 aliphatic rings.